The number of nitrogens with two attached hydrogens (primary N) is 1. The lowest BCUT2D eigenvalue weighted by molar-refractivity contribution is 0.102. The van der Waals surface area contributed by atoms with E-state index in [4.69, 9.17) is 5.73 Å². The number of halogens is 1. The van der Waals surface area contributed by atoms with Crippen molar-refractivity contribution in [3.05, 3.63) is 58.1 Å². The number of aliphatic hydroxyl groups excluding tert-OH is 1. The molecule has 0 heterocycles. The lowest BCUT2D eigenvalue weighted by Gasteiger charge is -2.10. The Balaban J connectivity index is 2.23. The number of para-hydroxylation sites is 1. The van der Waals surface area contributed by atoms with Crippen LogP contribution in [0.3, 0.4) is 0 Å². The molecule has 0 saturated carbocycles. The number of hydrogen-bond acceptors (Lipinski definition) is 3. The fraction of sp³-hybridized carbons (Fsp3) is 0.0714. The summed E-state index contributed by atoms with van der Waals surface area (Å²) in [5.74, 6) is -0.264. The van der Waals surface area contributed by atoms with E-state index in [0.717, 1.165) is 4.47 Å². The van der Waals surface area contributed by atoms with Crippen LogP contribution in [0.4, 0.5) is 11.4 Å². The molecule has 0 atom stereocenters. The van der Waals surface area contributed by atoms with Gasteiger partial charge < -0.3 is 16.2 Å². The van der Waals surface area contributed by atoms with Gasteiger partial charge in [-0.3, -0.25) is 4.79 Å². The summed E-state index contributed by atoms with van der Waals surface area (Å²) in [5.41, 5.74) is 7.97. The molecule has 0 fully saturated rings. The number of benzene rings is 2. The molecule has 0 aliphatic heterocycles. The average Bonchev–Trinajstić information content (AvgIpc) is 2.42. The molecule has 1 amide bonds. The van der Waals surface area contributed by atoms with Gasteiger partial charge in [-0.05, 0) is 40.2 Å². The van der Waals surface area contributed by atoms with Gasteiger partial charge in [-0.2, -0.15) is 0 Å². The molecule has 0 radical (unpaired) electrons. The second kappa shape index (κ2) is 5.86. The van der Waals surface area contributed by atoms with Crippen LogP contribution in [0.2, 0.25) is 0 Å². The number of carbonyl (C=O) groups is 1. The minimum Gasteiger partial charge on any atom is -0.398 e. The zero-order valence-corrected chi connectivity index (χ0v) is 11.6. The van der Waals surface area contributed by atoms with Crippen LogP contribution in [0.15, 0.2) is 46.9 Å². The van der Waals surface area contributed by atoms with Crippen molar-refractivity contribution in [2.45, 2.75) is 6.61 Å². The van der Waals surface area contributed by atoms with Gasteiger partial charge in [-0.1, -0.05) is 18.2 Å². The first-order chi connectivity index (χ1) is 9.11. The summed E-state index contributed by atoms with van der Waals surface area (Å²) in [5, 5.41) is 12.0. The molecule has 4 nitrogen and oxygen atoms in total. The van der Waals surface area contributed by atoms with E-state index < -0.39 is 0 Å². The summed E-state index contributed by atoms with van der Waals surface area (Å²) in [6.45, 7) is -0.126. The van der Waals surface area contributed by atoms with Crippen molar-refractivity contribution in [1.29, 1.82) is 0 Å². The van der Waals surface area contributed by atoms with E-state index in [0.29, 0.717) is 22.5 Å². The van der Waals surface area contributed by atoms with Crippen LogP contribution >= 0.6 is 15.9 Å². The maximum absolute atomic E-state index is 12.1. The Morgan fingerprint density at radius 2 is 2.00 bits per heavy atom. The van der Waals surface area contributed by atoms with Crippen LogP contribution in [-0.2, 0) is 6.61 Å². The SMILES string of the molecule is Nc1cc(C(=O)Nc2ccccc2CO)ccc1Br. The molecule has 0 aliphatic rings. The number of hydrogen-bond donors (Lipinski definition) is 3. The van der Waals surface area contributed by atoms with E-state index in [1.165, 1.54) is 0 Å². The first-order valence-electron chi connectivity index (χ1n) is 5.67. The second-order valence-electron chi connectivity index (χ2n) is 4.01. The number of anilines is 2. The van der Waals surface area contributed by atoms with Gasteiger partial charge in [0.15, 0.2) is 0 Å². The van der Waals surface area contributed by atoms with E-state index in [1.807, 2.05) is 0 Å². The van der Waals surface area contributed by atoms with Crippen LogP contribution in [0.25, 0.3) is 0 Å². The molecular weight excluding hydrogens is 308 g/mol. The molecule has 0 aromatic heterocycles. The third kappa shape index (κ3) is 3.13. The molecule has 0 spiro atoms. The van der Waals surface area contributed by atoms with Crippen molar-refractivity contribution >= 4 is 33.2 Å². The number of aliphatic hydroxyl groups is 1. The van der Waals surface area contributed by atoms with Crippen LogP contribution in [-0.4, -0.2) is 11.0 Å². The Bertz CT molecular complexity index is 614. The van der Waals surface area contributed by atoms with E-state index in [2.05, 4.69) is 21.2 Å². The number of nitrogen functional groups attached to an aromatic ring is 1. The van der Waals surface area contributed by atoms with Crippen molar-refractivity contribution in [2.75, 3.05) is 11.1 Å². The highest BCUT2D eigenvalue weighted by Crippen LogP contribution is 2.21. The lowest BCUT2D eigenvalue weighted by Crippen LogP contribution is -2.13. The smallest absolute Gasteiger partial charge is 0.255 e. The third-order valence-electron chi connectivity index (χ3n) is 2.69. The molecule has 0 aliphatic carbocycles. The van der Waals surface area contributed by atoms with Crippen molar-refractivity contribution < 1.29 is 9.90 Å². The summed E-state index contributed by atoms with van der Waals surface area (Å²) in [6.07, 6.45) is 0. The van der Waals surface area contributed by atoms with Crippen molar-refractivity contribution in [3.63, 3.8) is 0 Å². The molecule has 98 valence electrons. The highest BCUT2D eigenvalue weighted by atomic mass is 79.9. The largest absolute Gasteiger partial charge is 0.398 e. The van der Waals surface area contributed by atoms with Crippen LogP contribution < -0.4 is 11.1 Å². The first kappa shape index (κ1) is 13.6. The van der Waals surface area contributed by atoms with Gasteiger partial charge in [0.25, 0.3) is 5.91 Å². The minimum atomic E-state index is -0.264. The summed E-state index contributed by atoms with van der Waals surface area (Å²) in [4.78, 5) is 12.1. The molecule has 0 unspecified atom stereocenters. The Hall–Kier alpha value is -1.85. The monoisotopic (exact) mass is 320 g/mol. The van der Waals surface area contributed by atoms with E-state index in [1.54, 1.807) is 42.5 Å². The van der Waals surface area contributed by atoms with Gasteiger partial charge >= 0.3 is 0 Å². The molecule has 19 heavy (non-hydrogen) atoms. The second-order valence-corrected chi connectivity index (χ2v) is 4.86. The molecule has 2 aromatic carbocycles. The highest BCUT2D eigenvalue weighted by molar-refractivity contribution is 9.10. The predicted octanol–water partition coefficient (Wildman–Crippen LogP) is 2.78. The van der Waals surface area contributed by atoms with Gasteiger partial charge in [0.05, 0.1) is 6.61 Å². The zero-order valence-electron chi connectivity index (χ0n) is 10.1. The highest BCUT2D eigenvalue weighted by Gasteiger charge is 2.09. The van der Waals surface area contributed by atoms with E-state index >= 15 is 0 Å². The van der Waals surface area contributed by atoms with Gasteiger partial charge in [0, 0.05) is 27.0 Å². The topological polar surface area (TPSA) is 75.4 Å². The number of rotatable bonds is 3. The van der Waals surface area contributed by atoms with Crippen LogP contribution in [0.5, 0.6) is 0 Å². The standard InChI is InChI=1S/C14H13BrN2O2/c15-11-6-5-9(7-12(11)16)14(19)17-13-4-2-1-3-10(13)8-18/h1-7,18H,8,16H2,(H,17,19). The minimum absolute atomic E-state index is 0.126. The summed E-state index contributed by atoms with van der Waals surface area (Å²) in [6, 6.07) is 12.1. The summed E-state index contributed by atoms with van der Waals surface area (Å²) in [7, 11) is 0. The Morgan fingerprint density at radius 3 is 2.68 bits per heavy atom. The molecule has 2 aromatic rings. The average molecular weight is 321 g/mol. The Morgan fingerprint density at radius 1 is 1.26 bits per heavy atom. The van der Waals surface area contributed by atoms with E-state index in [9.17, 15) is 9.90 Å². The van der Waals surface area contributed by atoms with Crippen molar-refractivity contribution in [1.82, 2.24) is 0 Å². The predicted molar refractivity (Wildman–Crippen MR) is 78.9 cm³/mol. The van der Waals surface area contributed by atoms with Crippen molar-refractivity contribution in [3.8, 4) is 0 Å². The fourth-order valence-corrected chi connectivity index (χ4v) is 1.91. The lowest BCUT2D eigenvalue weighted by atomic mass is 10.1. The molecular formula is C14H13BrN2O2. The van der Waals surface area contributed by atoms with Crippen LogP contribution in [0.1, 0.15) is 15.9 Å². The molecule has 4 N–H and O–H groups in total. The molecule has 5 heteroatoms. The first-order valence-corrected chi connectivity index (χ1v) is 6.46. The normalized spacial score (nSPS) is 10.2. The fourth-order valence-electron chi connectivity index (χ4n) is 1.66. The van der Waals surface area contributed by atoms with Gasteiger partial charge in [0.1, 0.15) is 0 Å². The van der Waals surface area contributed by atoms with Gasteiger partial charge in [-0.15, -0.1) is 0 Å². The number of nitrogens with one attached hydrogen (secondary N) is 1. The molecule has 0 bridgehead atoms. The third-order valence-corrected chi connectivity index (χ3v) is 3.42. The Kier molecular flexibility index (Phi) is 4.19. The maximum atomic E-state index is 12.1. The quantitative estimate of drug-likeness (QED) is 0.761. The summed E-state index contributed by atoms with van der Waals surface area (Å²) < 4.78 is 0.750. The number of amides is 1. The molecule has 2 rings (SSSR count). The van der Waals surface area contributed by atoms with E-state index in [-0.39, 0.29) is 12.5 Å². The van der Waals surface area contributed by atoms with Gasteiger partial charge in [-0.25, -0.2) is 0 Å². The maximum Gasteiger partial charge on any atom is 0.255 e. The zero-order chi connectivity index (χ0) is 13.8. The Labute approximate surface area is 119 Å². The van der Waals surface area contributed by atoms with Crippen LogP contribution in [0, 0.1) is 0 Å². The molecule has 0 saturated heterocycles. The van der Waals surface area contributed by atoms with Gasteiger partial charge in [0.2, 0.25) is 0 Å². The summed E-state index contributed by atoms with van der Waals surface area (Å²) >= 11 is 3.28. The van der Waals surface area contributed by atoms with Crippen molar-refractivity contribution in [2.24, 2.45) is 0 Å². The number of carbonyl (C=O) groups excluding carboxylic acids is 1.